The van der Waals surface area contributed by atoms with Crippen molar-refractivity contribution in [2.24, 2.45) is 4.99 Å². The van der Waals surface area contributed by atoms with Crippen LogP contribution in [0.1, 0.15) is 24.5 Å². The molecule has 0 bridgehead atoms. The molecule has 0 saturated heterocycles. The molecule has 1 heterocycles. The van der Waals surface area contributed by atoms with Gasteiger partial charge in [-0.15, -0.1) is 24.0 Å². The molecule has 2 aromatic carbocycles. The molecule has 0 spiro atoms. The highest BCUT2D eigenvalue weighted by atomic mass is 127. The molecular formula is C22H27IN4. The van der Waals surface area contributed by atoms with Gasteiger partial charge in [-0.3, -0.25) is 9.98 Å². The van der Waals surface area contributed by atoms with E-state index in [1.165, 1.54) is 16.5 Å². The van der Waals surface area contributed by atoms with Crippen molar-refractivity contribution in [3.8, 4) is 0 Å². The maximum absolute atomic E-state index is 4.42. The largest absolute Gasteiger partial charge is 0.354 e. The van der Waals surface area contributed by atoms with Gasteiger partial charge in [-0.05, 0) is 43.0 Å². The lowest BCUT2D eigenvalue weighted by atomic mass is 10.1. The maximum Gasteiger partial charge on any atom is 0.191 e. The van der Waals surface area contributed by atoms with Crippen molar-refractivity contribution < 1.29 is 0 Å². The Kier molecular flexibility index (Phi) is 8.51. The second kappa shape index (κ2) is 10.9. The van der Waals surface area contributed by atoms with Gasteiger partial charge in [-0.1, -0.05) is 48.5 Å². The van der Waals surface area contributed by atoms with Crippen LogP contribution >= 0.6 is 24.0 Å². The molecular weight excluding hydrogens is 447 g/mol. The molecule has 0 saturated carbocycles. The average Bonchev–Trinajstić information content (AvgIpc) is 2.70. The molecule has 1 unspecified atom stereocenters. The van der Waals surface area contributed by atoms with Crippen LogP contribution in [0.2, 0.25) is 0 Å². The highest BCUT2D eigenvalue weighted by molar-refractivity contribution is 14.0. The molecule has 1 aromatic heterocycles. The van der Waals surface area contributed by atoms with E-state index in [4.69, 9.17) is 0 Å². The fourth-order valence-electron chi connectivity index (χ4n) is 3.02. The first-order valence-corrected chi connectivity index (χ1v) is 9.10. The topological polar surface area (TPSA) is 49.3 Å². The molecule has 0 fully saturated rings. The van der Waals surface area contributed by atoms with Gasteiger partial charge in [-0.2, -0.15) is 0 Å². The van der Waals surface area contributed by atoms with Gasteiger partial charge in [-0.25, -0.2) is 0 Å². The van der Waals surface area contributed by atoms with Crippen molar-refractivity contribution in [2.45, 2.75) is 32.4 Å². The van der Waals surface area contributed by atoms with E-state index in [2.05, 4.69) is 70.0 Å². The summed E-state index contributed by atoms with van der Waals surface area (Å²) in [5.74, 6) is 0.825. The fourth-order valence-corrected chi connectivity index (χ4v) is 3.02. The zero-order valence-corrected chi connectivity index (χ0v) is 18.2. The number of nitrogens with zero attached hydrogens (tertiary/aromatic N) is 2. The van der Waals surface area contributed by atoms with E-state index in [1.54, 1.807) is 0 Å². The molecule has 0 aliphatic rings. The molecule has 2 N–H and O–H groups in total. The zero-order chi connectivity index (χ0) is 18.2. The molecule has 4 nitrogen and oxygen atoms in total. The molecule has 0 amide bonds. The monoisotopic (exact) mass is 474 g/mol. The normalized spacial score (nSPS) is 12.3. The van der Waals surface area contributed by atoms with Gasteiger partial charge in [0.25, 0.3) is 0 Å². The van der Waals surface area contributed by atoms with Crippen LogP contribution in [-0.4, -0.2) is 24.0 Å². The van der Waals surface area contributed by atoms with Crippen LogP contribution in [-0.2, 0) is 13.0 Å². The maximum atomic E-state index is 4.42. The number of rotatable bonds is 6. The number of aromatic nitrogens is 1. The van der Waals surface area contributed by atoms with Crippen LogP contribution in [0.3, 0.4) is 0 Å². The Morgan fingerprint density at radius 2 is 1.78 bits per heavy atom. The summed E-state index contributed by atoms with van der Waals surface area (Å²) in [7, 11) is 1.81. The molecule has 27 heavy (non-hydrogen) atoms. The average molecular weight is 474 g/mol. The number of hydrogen-bond donors (Lipinski definition) is 2. The van der Waals surface area contributed by atoms with Gasteiger partial charge in [0, 0.05) is 31.2 Å². The lowest BCUT2D eigenvalue weighted by Crippen LogP contribution is -2.42. The molecule has 142 valence electrons. The number of pyridine rings is 1. The van der Waals surface area contributed by atoms with Gasteiger partial charge in [0.1, 0.15) is 0 Å². The van der Waals surface area contributed by atoms with Gasteiger partial charge < -0.3 is 10.6 Å². The number of guanidine groups is 1. The van der Waals surface area contributed by atoms with E-state index in [9.17, 15) is 0 Å². The van der Waals surface area contributed by atoms with Gasteiger partial charge >= 0.3 is 0 Å². The van der Waals surface area contributed by atoms with Crippen molar-refractivity contribution in [3.05, 3.63) is 78.0 Å². The third-order valence-corrected chi connectivity index (χ3v) is 4.50. The molecule has 5 heteroatoms. The minimum atomic E-state index is 0. The first-order chi connectivity index (χ1) is 12.8. The number of para-hydroxylation sites is 1. The van der Waals surface area contributed by atoms with Crippen LogP contribution < -0.4 is 10.6 Å². The Labute approximate surface area is 178 Å². The lowest BCUT2D eigenvalue weighted by molar-refractivity contribution is 0.593. The van der Waals surface area contributed by atoms with Gasteiger partial charge in [0.2, 0.25) is 0 Å². The van der Waals surface area contributed by atoms with E-state index >= 15 is 0 Å². The van der Waals surface area contributed by atoms with Crippen molar-refractivity contribution in [2.75, 3.05) is 7.05 Å². The summed E-state index contributed by atoms with van der Waals surface area (Å²) >= 11 is 0. The number of aliphatic imine (C=N–C) groups is 1. The summed E-state index contributed by atoms with van der Waals surface area (Å²) in [5.41, 5.74) is 3.61. The molecule has 0 aliphatic heterocycles. The number of aryl methyl sites for hydroxylation is 1. The zero-order valence-electron chi connectivity index (χ0n) is 15.9. The Morgan fingerprint density at radius 3 is 2.56 bits per heavy atom. The first-order valence-electron chi connectivity index (χ1n) is 9.10. The van der Waals surface area contributed by atoms with Crippen LogP contribution in [0, 0.1) is 0 Å². The summed E-state index contributed by atoms with van der Waals surface area (Å²) < 4.78 is 0. The minimum Gasteiger partial charge on any atom is -0.354 e. The Bertz CT molecular complexity index is 859. The highest BCUT2D eigenvalue weighted by Crippen LogP contribution is 2.15. The smallest absolute Gasteiger partial charge is 0.191 e. The van der Waals surface area contributed by atoms with Crippen LogP contribution in [0.4, 0.5) is 0 Å². The second-order valence-corrected chi connectivity index (χ2v) is 6.48. The van der Waals surface area contributed by atoms with Crippen LogP contribution in [0.5, 0.6) is 0 Å². The molecule has 0 radical (unpaired) electrons. The third kappa shape index (κ3) is 6.20. The predicted molar refractivity (Wildman–Crippen MR) is 125 cm³/mol. The van der Waals surface area contributed by atoms with Crippen molar-refractivity contribution in [3.63, 3.8) is 0 Å². The Balaban J connectivity index is 0.00000261. The molecule has 0 aliphatic carbocycles. The predicted octanol–water partition coefficient (Wildman–Crippen LogP) is 4.54. The Morgan fingerprint density at radius 1 is 1.04 bits per heavy atom. The minimum absolute atomic E-state index is 0. The fraction of sp³-hybridized carbons (Fsp3) is 0.273. The SMILES string of the molecule is CN=C(NCc1ccnc2ccccc12)NC(C)CCc1ccccc1.I. The first kappa shape index (κ1) is 21.2. The quantitative estimate of drug-likeness (QED) is 0.314. The van der Waals surface area contributed by atoms with E-state index in [0.29, 0.717) is 12.6 Å². The van der Waals surface area contributed by atoms with E-state index in [1.807, 2.05) is 31.4 Å². The summed E-state index contributed by atoms with van der Waals surface area (Å²) in [6.45, 7) is 2.91. The molecule has 3 rings (SSSR count). The number of fused-ring (bicyclic) bond motifs is 1. The van der Waals surface area contributed by atoms with Crippen molar-refractivity contribution in [1.29, 1.82) is 0 Å². The lowest BCUT2D eigenvalue weighted by Gasteiger charge is -2.18. The molecule has 3 aromatic rings. The highest BCUT2D eigenvalue weighted by Gasteiger charge is 2.07. The van der Waals surface area contributed by atoms with E-state index in [-0.39, 0.29) is 24.0 Å². The van der Waals surface area contributed by atoms with E-state index < -0.39 is 0 Å². The van der Waals surface area contributed by atoms with Gasteiger partial charge in [0.05, 0.1) is 5.52 Å². The summed E-state index contributed by atoms with van der Waals surface area (Å²) in [6.07, 6.45) is 3.97. The van der Waals surface area contributed by atoms with Crippen LogP contribution in [0.25, 0.3) is 10.9 Å². The molecule has 1 atom stereocenters. The number of halogens is 1. The standard InChI is InChI=1S/C22H26N4.HI/c1-17(12-13-18-8-4-3-5-9-18)26-22(23-2)25-16-19-14-15-24-21-11-7-6-10-20(19)21;/h3-11,14-15,17H,12-13,16H2,1-2H3,(H2,23,25,26);1H. The van der Waals surface area contributed by atoms with E-state index in [0.717, 1.165) is 24.3 Å². The van der Waals surface area contributed by atoms with Crippen LogP contribution in [0.15, 0.2) is 71.9 Å². The third-order valence-electron chi connectivity index (χ3n) is 4.50. The summed E-state index contributed by atoms with van der Waals surface area (Å²) in [4.78, 5) is 8.77. The van der Waals surface area contributed by atoms with Crippen molar-refractivity contribution in [1.82, 2.24) is 15.6 Å². The van der Waals surface area contributed by atoms with Gasteiger partial charge in [0.15, 0.2) is 5.96 Å². The number of benzene rings is 2. The summed E-state index contributed by atoms with van der Waals surface area (Å²) in [5, 5.41) is 8.07. The summed E-state index contributed by atoms with van der Waals surface area (Å²) in [6, 6.07) is 21.2. The number of hydrogen-bond acceptors (Lipinski definition) is 2. The van der Waals surface area contributed by atoms with Crippen molar-refractivity contribution >= 4 is 40.8 Å². The Hall–Kier alpha value is -2.15. The second-order valence-electron chi connectivity index (χ2n) is 6.48. The number of nitrogens with one attached hydrogen (secondary N) is 2.